The van der Waals surface area contributed by atoms with E-state index in [2.05, 4.69) is 4.98 Å². The normalized spacial score (nSPS) is 12.2. The first kappa shape index (κ1) is 16.1. The number of nitrogens with zero attached hydrogens (tertiary/aromatic N) is 1. The zero-order valence-electron chi connectivity index (χ0n) is 11.3. The second-order valence-corrected chi connectivity index (χ2v) is 5.89. The Morgan fingerprint density at radius 3 is 2.26 bits per heavy atom. The summed E-state index contributed by atoms with van der Waals surface area (Å²) in [4.78, 5) is 3.04. The van der Waals surface area contributed by atoms with E-state index in [9.17, 15) is 8.42 Å². The number of ether oxygens (including phenoxy) is 2. The maximum Gasteiger partial charge on any atom is 0.244 e. The lowest BCUT2D eigenvalue weighted by atomic mass is 10.4. The third-order valence-electron chi connectivity index (χ3n) is 2.66. The van der Waals surface area contributed by atoms with Crippen LogP contribution in [0.3, 0.4) is 0 Å². The SMILES string of the molecule is COCCN(CCOC)S(=O)(=O)c1c[nH]c(CN)c1. The molecule has 0 saturated carbocycles. The maximum atomic E-state index is 12.4. The lowest BCUT2D eigenvalue weighted by Gasteiger charge is -2.20. The van der Waals surface area contributed by atoms with Crippen LogP contribution in [-0.2, 0) is 26.0 Å². The molecule has 0 bridgehead atoms. The first-order valence-electron chi connectivity index (χ1n) is 5.91. The molecule has 0 aliphatic carbocycles. The Hall–Kier alpha value is -0.930. The molecule has 0 atom stereocenters. The zero-order valence-corrected chi connectivity index (χ0v) is 12.1. The number of H-pyrrole nitrogens is 1. The number of sulfonamides is 1. The molecule has 19 heavy (non-hydrogen) atoms. The Morgan fingerprint density at radius 1 is 1.26 bits per heavy atom. The van der Waals surface area contributed by atoms with E-state index in [0.29, 0.717) is 18.9 Å². The van der Waals surface area contributed by atoms with Crippen LogP contribution in [0.5, 0.6) is 0 Å². The van der Waals surface area contributed by atoms with E-state index >= 15 is 0 Å². The van der Waals surface area contributed by atoms with Gasteiger partial charge in [-0.05, 0) is 6.07 Å². The largest absolute Gasteiger partial charge is 0.383 e. The highest BCUT2D eigenvalue weighted by Gasteiger charge is 2.24. The van der Waals surface area contributed by atoms with Crippen molar-refractivity contribution < 1.29 is 17.9 Å². The third-order valence-corrected chi connectivity index (χ3v) is 4.54. The quantitative estimate of drug-likeness (QED) is 0.654. The van der Waals surface area contributed by atoms with Crippen LogP contribution in [0.25, 0.3) is 0 Å². The minimum Gasteiger partial charge on any atom is -0.383 e. The van der Waals surface area contributed by atoms with Gasteiger partial charge in [-0.1, -0.05) is 0 Å². The van der Waals surface area contributed by atoms with E-state index in [4.69, 9.17) is 15.2 Å². The summed E-state index contributed by atoms with van der Waals surface area (Å²) in [5, 5.41) is 0. The molecule has 0 aromatic carbocycles. The van der Waals surface area contributed by atoms with Crippen molar-refractivity contribution in [2.45, 2.75) is 11.4 Å². The van der Waals surface area contributed by atoms with Crippen molar-refractivity contribution in [1.29, 1.82) is 0 Å². The number of hydrogen-bond donors (Lipinski definition) is 2. The Morgan fingerprint density at radius 2 is 1.84 bits per heavy atom. The summed E-state index contributed by atoms with van der Waals surface area (Å²) in [7, 11) is -0.485. The van der Waals surface area contributed by atoms with E-state index in [1.807, 2.05) is 0 Å². The molecule has 0 saturated heterocycles. The average molecular weight is 291 g/mol. The van der Waals surface area contributed by atoms with E-state index in [0.717, 1.165) is 0 Å². The van der Waals surface area contributed by atoms with Crippen molar-refractivity contribution in [1.82, 2.24) is 9.29 Å². The number of aromatic amines is 1. The molecule has 1 aromatic heterocycles. The molecule has 7 nitrogen and oxygen atoms in total. The third kappa shape index (κ3) is 4.29. The van der Waals surface area contributed by atoms with Gasteiger partial charge in [0.1, 0.15) is 0 Å². The number of rotatable bonds is 9. The van der Waals surface area contributed by atoms with E-state index < -0.39 is 10.0 Å². The van der Waals surface area contributed by atoms with Gasteiger partial charge in [0.25, 0.3) is 0 Å². The Balaban J connectivity index is 2.90. The minimum absolute atomic E-state index is 0.208. The van der Waals surface area contributed by atoms with E-state index in [1.54, 1.807) is 6.07 Å². The average Bonchev–Trinajstić information content (AvgIpc) is 2.88. The smallest absolute Gasteiger partial charge is 0.244 e. The van der Waals surface area contributed by atoms with Crippen LogP contribution in [0, 0.1) is 0 Å². The Labute approximate surface area is 113 Å². The van der Waals surface area contributed by atoms with Gasteiger partial charge in [-0.15, -0.1) is 0 Å². The maximum absolute atomic E-state index is 12.4. The summed E-state index contributed by atoms with van der Waals surface area (Å²) in [6.45, 7) is 1.50. The molecule has 0 fully saturated rings. The van der Waals surface area contributed by atoms with Crippen molar-refractivity contribution in [3.05, 3.63) is 18.0 Å². The highest BCUT2D eigenvalue weighted by molar-refractivity contribution is 7.89. The van der Waals surface area contributed by atoms with Gasteiger partial charge in [0.15, 0.2) is 0 Å². The molecule has 1 aromatic rings. The van der Waals surface area contributed by atoms with Crippen molar-refractivity contribution >= 4 is 10.0 Å². The van der Waals surface area contributed by atoms with Gasteiger partial charge in [-0.2, -0.15) is 4.31 Å². The molecular weight excluding hydrogens is 270 g/mol. The predicted octanol–water partition coefficient (Wildman–Crippen LogP) is -0.243. The fraction of sp³-hybridized carbons (Fsp3) is 0.636. The first-order chi connectivity index (χ1) is 9.06. The second kappa shape index (κ2) is 7.61. The van der Waals surface area contributed by atoms with Crippen LogP contribution >= 0.6 is 0 Å². The fourth-order valence-corrected chi connectivity index (χ4v) is 3.00. The van der Waals surface area contributed by atoms with Gasteiger partial charge in [0.05, 0.1) is 18.1 Å². The van der Waals surface area contributed by atoms with Crippen molar-refractivity contribution in [3.63, 3.8) is 0 Å². The lowest BCUT2D eigenvalue weighted by molar-refractivity contribution is 0.150. The first-order valence-corrected chi connectivity index (χ1v) is 7.35. The molecule has 0 radical (unpaired) electrons. The lowest BCUT2D eigenvalue weighted by Crippen LogP contribution is -2.36. The van der Waals surface area contributed by atoms with Gasteiger partial charge in [-0.3, -0.25) is 0 Å². The van der Waals surface area contributed by atoms with Gasteiger partial charge < -0.3 is 20.2 Å². The monoisotopic (exact) mass is 291 g/mol. The molecule has 1 heterocycles. The number of methoxy groups -OCH3 is 2. The summed E-state index contributed by atoms with van der Waals surface area (Å²) >= 11 is 0. The van der Waals surface area contributed by atoms with Crippen LogP contribution in [0.15, 0.2) is 17.2 Å². The van der Waals surface area contributed by atoms with Crippen LogP contribution in [0.2, 0.25) is 0 Å². The Bertz CT molecular complexity index is 464. The summed E-state index contributed by atoms with van der Waals surface area (Å²) in [5.74, 6) is 0. The highest BCUT2D eigenvalue weighted by atomic mass is 32.2. The van der Waals surface area contributed by atoms with Crippen LogP contribution in [0.1, 0.15) is 5.69 Å². The molecule has 110 valence electrons. The number of nitrogens with two attached hydrogens (primary N) is 1. The van der Waals surface area contributed by atoms with Crippen LogP contribution in [0.4, 0.5) is 0 Å². The molecule has 0 unspecified atom stereocenters. The number of nitrogens with one attached hydrogen (secondary N) is 1. The van der Waals surface area contributed by atoms with Crippen molar-refractivity contribution in [2.24, 2.45) is 5.73 Å². The van der Waals surface area contributed by atoms with Crippen molar-refractivity contribution in [3.8, 4) is 0 Å². The van der Waals surface area contributed by atoms with Gasteiger partial charge in [-0.25, -0.2) is 8.42 Å². The summed E-state index contributed by atoms with van der Waals surface area (Å²) < 4.78 is 36.1. The van der Waals surface area contributed by atoms with Gasteiger partial charge in [0, 0.05) is 45.7 Å². The zero-order chi connectivity index (χ0) is 14.3. The molecule has 3 N–H and O–H groups in total. The highest BCUT2D eigenvalue weighted by Crippen LogP contribution is 2.16. The molecule has 8 heteroatoms. The number of hydrogen-bond acceptors (Lipinski definition) is 5. The Kier molecular flexibility index (Phi) is 6.46. The summed E-state index contributed by atoms with van der Waals surface area (Å²) in [5.41, 5.74) is 6.14. The number of aromatic nitrogens is 1. The second-order valence-electron chi connectivity index (χ2n) is 3.95. The minimum atomic E-state index is -3.55. The predicted molar refractivity (Wildman–Crippen MR) is 71.2 cm³/mol. The van der Waals surface area contributed by atoms with Gasteiger partial charge >= 0.3 is 0 Å². The topological polar surface area (TPSA) is 97.6 Å². The standard InChI is InChI=1S/C11H21N3O4S/c1-17-5-3-14(4-6-18-2)19(15,16)11-7-10(8-12)13-9-11/h7,9,13H,3-6,8,12H2,1-2H3. The van der Waals surface area contributed by atoms with E-state index in [1.165, 1.54) is 24.7 Å². The fourth-order valence-electron chi connectivity index (χ4n) is 1.57. The summed E-state index contributed by atoms with van der Waals surface area (Å²) in [6.07, 6.45) is 1.45. The molecule has 1 rings (SSSR count). The molecular formula is C11H21N3O4S. The van der Waals surface area contributed by atoms with Crippen LogP contribution in [-0.4, -0.2) is 58.2 Å². The van der Waals surface area contributed by atoms with Crippen LogP contribution < -0.4 is 5.73 Å². The molecule has 0 aliphatic rings. The molecule has 0 amide bonds. The summed E-state index contributed by atoms with van der Waals surface area (Å²) in [6, 6.07) is 1.54. The molecule has 0 spiro atoms. The van der Waals surface area contributed by atoms with E-state index in [-0.39, 0.29) is 24.5 Å². The van der Waals surface area contributed by atoms with Gasteiger partial charge in [0.2, 0.25) is 10.0 Å². The molecule has 0 aliphatic heterocycles. The van der Waals surface area contributed by atoms with Crippen molar-refractivity contribution in [2.75, 3.05) is 40.5 Å².